The fraction of sp³-hybridized carbons (Fsp3) is 0.500. The molecule has 2 rings (SSSR count). The number of nitrogens with two attached hydrogens (primary N) is 1. The fourth-order valence-electron chi connectivity index (χ4n) is 2.41. The number of amides is 1. The molecule has 0 saturated carbocycles. The first-order valence-corrected chi connectivity index (χ1v) is 6.44. The van der Waals surface area contributed by atoms with Gasteiger partial charge in [0.15, 0.2) is 6.10 Å². The SMILES string of the molecule is NCC1CCCN(C(=O)C(O)c2ccccc2)C1. The molecule has 4 heteroatoms. The van der Waals surface area contributed by atoms with Crippen molar-refractivity contribution in [3.8, 4) is 0 Å². The normalized spacial score (nSPS) is 21.7. The highest BCUT2D eigenvalue weighted by molar-refractivity contribution is 5.82. The minimum atomic E-state index is -1.05. The van der Waals surface area contributed by atoms with Gasteiger partial charge in [0.05, 0.1) is 0 Å². The average molecular weight is 248 g/mol. The maximum atomic E-state index is 12.2. The molecule has 1 saturated heterocycles. The first kappa shape index (κ1) is 13.1. The van der Waals surface area contributed by atoms with E-state index in [2.05, 4.69) is 0 Å². The quantitative estimate of drug-likeness (QED) is 0.836. The summed E-state index contributed by atoms with van der Waals surface area (Å²) >= 11 is 0. The number of benzene rings is 1. The highest BCUT2D eigenvalue weighted by Crippen LogP contribution is 2.21. The summed E-state index contributed by atoms with van der Waals surface area (Å²) in [7, 11) is 0. The summed E-state index contributed by atoms with van der Waals surface area (Å²) < 4.78 is 0. The van der Waals surface area contributed by atoms with E-state index in [1.165, 1.54) is 0 Å². The molecular weight excluding hydrogens is 228 g/mol. The molecule has 0 aromatic heterocycles. The molecule has 1 aromatic rings. The van der Waals surface area contributed by atoms with Crippen LogP contribution in [0.25, 0.3) is 0 Å². The van der Waals surface area contributed by atoms with Crippen molar-refractivity contribution in [3.63, 3.8) is 0 Å². The van der Waals surface area contributed by atoms with E-state index < -0.39 is 6.10 Å². The molecule has 1 aliphatic rings. The summed E-state index contributed by atoms with van der Waals surface area (Å²) in [5.74, 6) is 0.157. The van der Waals surface area contributed by atoms with Gasteiger partial charge in [-0.1, -0.05) is 30.3 Å². The molecule has 3 N–H and O–H groups in total. The first-order chi connectivity index (χ1) is 8.72. The molecule has 1 aliphatic heterocycles. The predicted octanol–water partition coefficient (Wildman–Crippen LogP) is 0.917. The van der Waals surface area contributed by atoms with Crippen LogP contribution in [0, 0.1) is 5.92 Å². The lowest BCUT2D eigenvalue weighted by Gasteiger charge is -2.33. The minimum Gasteiger partial charge on any atom is -0.378 e. The molecule has 2 atom stereocenters. The van der Waals surface area contributed by atoms with Crippen molar-refractivity contribution < 1.29 is 9.90 Å². The van der Waals surface area contributed by atoms with Gasteiger partial charge >= 0.3 is 0 Å². The zero-order valence-electron chi connectivity index (χ0n) is 10.5. The second-order valence-electron chi connectivity index (χ2n) is 4.84. The van der Waals surface area contributed by atoms with Crippen LogP contribution in [0.5, 0.6) is 0 Å². The summed E-state index contributed by atoms with van der Waals surface area (Å²) in [6.07, 6.45) is 0.985. The lowest BCUT2D eigenvalue weighted by molar-refractivity contribution is -0.142. The van der Waals surface area contributed by atoms with Gasteiger partial charge < -0.3 is 15.7 Å². The van der Waals surface area contributed by atoms with E-state index >= 15 is 0 Å². The van der Waals surface area contributed by atoms with E-state index in [4.69, 9.17) is 5.73 Å². The lowest BCUT2D eigenvalue weighted by Crippen LogP contribution is -2.44. The highest BCUT2D eigenvalue weighted by Gasteiger charge is 2.27. The van der Waals surface area contributed by atoms with Crippen molar-refractivity contribution in [2.45, 2.75) is 18.9 Å². The van der Waals surface area contributed by atoms with E-state index in [1.807, 2.05) is 18.2 Å². The van der Waals surface area contributed by atoms with Crippen LogP contribution in [0.1, 0.15) is 24.5 Å². The largest absolute Gasteiger partial charge is 0.378 e. The van der Waals surface area contributed by atoms with Crippen molar-refractivity contribution in [1.29, 1.82) is 0 Å². The van der Waals surface area contributed by atoms with Crippen LogP contribution in [0.15, 0.2) is 30.3 Å². The molecule has 0 bridgehead atoms. The summed E-state index contributed by atoms with van der Waals surface area (Å²) in [6.45, 7) is 1.99. The van der Waals surface area contributed by atoms with Crippen LogP contribution in [0.2, 0.25) is 0 Å². The molecule has 4 nitrogen and oxygen atoms in total. The molecule has 2 unspecified atom stereocenters. The van der Waals surface area contributed by atoms with Gasteiger partial charge in [0.2, 0.25) is 0 Å². The number of carbonyl (C=O) groups is 1. The molecule has 1 amide bonds. The van der Waals surface area contributed by atoms with Crippen LogP contribution >= 0.6 is 0 Å². The summed E-state index contributed by atoms with van der Waals surface area (Å²) in [4.78, 5) is 13.9. The Morgan fingerprint density at radius 2 is 2.17 bits per heavy atom. The van der Waals surface area contributed by atoms with Crippen molar-refractivity contribution in [3.05, 3.63) is 35.9 Å². The Bertz CT molecular complexity index is 394. The third-order valence-electron chi connectivity index (χ3n) is 3.51. The van der Waals surface area contributed by atoms with E-state index in [0.29, 0.717) is 24.6 Å². The smallest absolute Gasteiger partial charge is 0.256 e. The van der Waals surface area contributed by atoms with E-state index in [1.54, 1.807) is 17.0 Å². The number of aliphatic hydroxyl groups excluding tert-OH is 1. The zero-order chi connectivity index (χ0) is 13.0. The van der Waals surface area contributed by atoms with Gasteiger partial charge in [-0.3, -0.25) is 4.79 Å². The Labute approximate surface area is 107 Å². The van der Waals surface area contributed by atoms with Crippen molar-refractivity contribution in [2.24, 2.45) is 11.7 Å². The van der Waals surface area contributed by atoms with Gasteiger partial charge in [0.25, 0.3) is 5.91 Å². The standard InChI is InChI=1S/C14H20N2O2/c15-9-11-5-4-8-16(10-11)14(18)13(17)12-6-2-1-3-7-12/h1-3,6-7,11,13,17H,4-5,8-10,15H2. The van der Waals surface area contributed by atoms with Gasteiger partial charge in [0, 0.05) is 13.1 Å². The number of hydrogen-bond donors (Lipinski definition) is 2. The molecule has 1 aromatic carbocycles. The fourth-order valence-corrected chi connectivity index (χ4v) is 2.41. The van der Waals surface area contributed by atoms with Crippen LogP contribution < -0.4 is 5.73 Å². The molecule has 0 spiro atoms. The minimum absolute atomic E-state index is 0.209. The van der Waals surface area contributed by atoms with Gasteiger partial charge in [0.1, 0.15) is 0 Å². The van der Waals surface area contributed by atoms with Crippen molar-refractivity contribution >= 4 is 5.91 Å². The van der Waals surface area contributed by atoms with Crippen LogP contribution in [0.4, 0.5) is 0 Å². The third-order valence-corrected chi connectivity index (χ3v) is 3.51. The monoisotopic (exact) mass is 248 g/mol. The third kappa shape index (κ3) is 2.89. The van der Waals surface area contributed by atoms with Crippen molar-refractivity contribution in [2.75, 3.05) is 19.6 Å². The molecule has 0 aliphatic carbocycles. The number of nitrogens with zero attached hydrogens (tertiary/aromatic N) is 1. The highest BCUT2D eigenvalue weighted by atomic mass is 16.3. The number of hydrogen-bond acceptors (Lipinski definition) is 3. The molecule has 0 radical (unpaired) electrons. The van der Waals surface area contributed by atoms with Crippen molar-refractivity contribution in [1.82, 2.24) is 4.90 Å². The number of aliphatic hydroxyl groups is 1. The number of rotatable bonds is 3. The van der Waals surface area contributed by atoms with Gasteiger partial charge in [-0.2, -0.15) is 0 Å². The summed E-state index contributed by atoms with van der Waals surface area (Å²) in [5.41, 5.74) is 6.30. The molecule has 18 heavy (non-hydrogen) atoms. The van der Waals surface area contributed by atoms with Crippen LogP contribution in [-0.4, -0.2) is 35.5 Å². The Morgan fingerprint density at radius 3 is 2.83 bits per heavy atom. The summed E-state index contributed by atoms with van der Waals surface area (Å²) in [6, 6.07) is 9.06. The Hall–Kier alpha value is -1.39. The zero-order valence-corrected chi connectivity index (χ0v) is 10.5. The van der Waals surface area contributed by atoms with Gasteiger partial charge in [-0.15, -0.1) is 0 Å². The Kier molecular flexibility index (Phi) is 4.33. The van der Waals surface area contributed by atoms with Crippen LogP contribution in [-0.2, 0) is 4.79 Å². The number of carbonyl (C=O) groups excluding carboxylic acids is 1. The topological polar surface area (TPSA) is 66.6 Å². The number of piperidine rings is 1. The number of likely N-dealkylation sites (tertiary alicyclic amines) is 1. The van der Waals surface area contributed by atoms with Crippen LogP contribution in [0.3, 0.4) is 0 Å². The lowest BCUT2D eigenvalue weighted by atomic mass is 9.97. The second kappa shape index (κ2) is 5.98. The predicted molar refractivity (Wildman–Crippen MR) is 69.8 cm³/mol. The molecule has 1 heterocycles. The van der Waals surface area contributed by atoms with E-state index in [9.17, 15) is 9.90 Å². The maximum Gasteiger partial charge on any atom is 0.256 e. The summed E-state index contributed by atoms with van der Waals surface area (Å²) in [5, 5.41) is 10.1. The Morgan fingerprint density at radius 1 is 1.44 bits per heavy atom. The molecule has 1 fully saturated rings. The maximum absolute atomic E-state index is 12.2. The van der Waals surface area contributed by atoms with E-state index in [-0.39, 0.29) is 5.91 Å². The average Bonchev–Trinajstić information content (AvgIpc) is 2.46. The van der Waals surface area contributed by atoms with E-state index in [0.717, 1.165) is 19.4 Å². The van der Waals surface area contributed by atoms with Gasteiger partial charge in [-0.05, 0) is 30.9 Å². The second-order valence-corrected chi connectivity index (χ2v) is 4.84. The Balaban J connectivity index is 2.02. The molecule has 98 valence electrons. The van der Waals surface area contributed by atoms with Gasteiger partial charge in [-0.25, -0.2) is 0 Å². The first-order valence-electron chi connectivity index (χ1n) is 6.44. The molecular formula is C14H20N2O2.